The number of nitrogens with zero attached hydrogens (tertiary/aromatic N) is 3. The number of benzene rings is 2. The second-order valence-corrected chi connectivity index (χ2v) is 8.30. The summed E-state index contributed by atoms with van der Waals surface area (Å²) in [5.74, 6) is 0. The fourth-order valence-electron chi connectivity index (χ4n) is 2.83. The predicted molar refractivity (Wildman–Crippen MR) is 115 cm³/mol. The number of methoxy groups -OCH3 is 1. The first kappa shape index (κ1) is 18.2. The van der Waals surface area contributed by atoms with Crippen molar-refractivity contribution in [1.82, 2.24) is 14.3 Å². The van der Waals surface area contributed by atoms with E-state index in [1.165, 1.54) is 9.60 Å². The van der Waals surface area contributed by atoms with Gasteiger partial charge in [-0.25, -0.2) is 9.29 Å². The third-order valence-electron chi connectivity index (χ3n) is 4.19. The van der Waals surface area contributed by atoms with Gasteiger partial charge in [0.25, 0.3) is 0 Å². The van der Waals surface area contributed by atoms with Gasteiger partial charge >= 0.3 is 0 Å². The van der Waals surface area contributed by atoms with Crippen LogP contribution in [0.25, 0.3) is 21.1 Å². The summed E-state index contributed by atoms with van der Waals surface area (Å²) in [7, 11) is 3.79. The molecular formula is C20H20N4OS2. The molecule has 0 saturated carbocycles. The number of hydrogen-bond acceptors (Lipinski definition) is 7. The van der Waals surface area contributed by atoms with E-state index in [0.29, 0.717) is 6.61 Å². The van der Waals surface area contributed by atoms with Gasteiger partial charge in [-0.1, -0.05) is 0 Å². The van der Waals surface area contributed by atoms with Crippen molar-refractivity contribution in [1.29, 1.82) is 0 Å². The zero-order chi connectivity index (χ0) is 18.6. The second kappa shape index (κ2) is 8.22. The fraction of sp³-hybridized carbons (Fsp3) is 0.200. The number of aromatic nitrogens is 2. The summed E-state index contributed by atoms with van der Waals surface area (Å²) < 4.78 is 8.51. The molecule has 0 radical (unpaired) electrons. The van der Waals surface area contributed by atoms with E-state index < -0.39 is 0 Å². The van der Waals surface area contributed by atoms with Crippen molar-refractivity contribution >= 4 is 55.8 Å². The molecule has 0 amide bonds. The van der Waals surface area contributed by atoms with Crippen molar-refractivity contribution in [2.24, 2.45) is 0 Å². The molecule has 0 spiro atoms. The Hall–Kier alpha value is -2.19. The summed E-state index contributed by atoms with van der Waals surface area (Å²) >= 11 is 3.36. The standard InChI is InChI=1S/C20H20N4OS2/c1-24(9-10-25-2)27-15-4-5-17-16(12-15)18(7-8-21-17)23-14-3-6-20-19(11-14)22-13-26-20/h3-8,11-13H,9-10H2,1-2H3,(H,21,23). The molecule has 5 nitrogen and oxygen atoms in total. The molecule has 0 atom stereocenters. The van der Waals surface area contributed by atoms with Crippen molar-refractivity contribution < 1.29 is 4.74 Å². The molecular weight excluding hydrogens is 376 g/mol. The van der Waals surface area contributed by atoms with Gasteiger partial charge in [0, 0.05) is 41.5 Å². The average molecular weight is 397 g/mol. The molecule has 2 aromatic heterocycles. The SMILES string of the molecule is COCCN(C)Sc1ccc2nccc(Nc3ccc4scnc4c3)c2c1. The number of rotatable bonds is 7. The van der Waals surface area contributed by atoms with Crippen LogP contribution in [0.5, 0.6) is 0 Å². The van der Waals surface area contributed by atoms with Crippen molar-refractivity contribution in [3.05, 3.63) is 54.2 Å². The molecule has 2 aromatic carbocycles. The van der Waals surface area contributed by atoms with Crippen LogP contribution in [0.2, 0.25) is 0 Å². The zero-order valence-corrected chi connectivity index (χ0v) is 16.8. The van der Waals surface area contributed by atoms with Gasteiger partial charge in [0.2, 0.25) is 0 Å². The molecule has 0 aliphatic carbocycles. The van der Waals surface area contributed by atoms with Gasteiger partial charge < -0.3 is 10.1 Å². The highest BCUT2D eigenvalue weighted by Gasteiger charge is 2.07. The fourth-order valence-corrected chi connectivity index (χ4v) is 4.31. The monoisotopic (exact) mass is 396 g/mol. The molecule has 0 aliphatic rings. The Morgan fingerprint density at radius 1 is 1.11 bits per heavy atom. The van der Waals surface area contributed by atoms with Crippen LogP contribution in [-0.4, -0.2) is 41.6 Å². The average Bonchev–Trinajstić information content (AvgIpc) is 3.15. The largest absolute Gasteiger partial charge is 0.383 e. The maximum absolute atomic E-state index is 5.15. The van der Waals surface area contributed by atoms with E-state index in [-0.39, 0.29) is 0 Å². The van der Waals surface area contributed by atoms with Crippen LogP contribution >= 0.6 is 23.3 Å². The molecule has 138 valence electrons. The molecule has 4 aromatic rings. The van der Waals surface area contributed by atoms with Gasteiger partial charge in [0.15, 0.2) is 0 Å². The molecule has 4 rings (SSSR count). The van der Waals surface area contributed by atoms with Crippen molar-refractivity contribution in [3.8, 4) is 0 Å². The quantitative estimate of drug-likeness (QED) is 0.435. The predicted octanol–water partition coefficient (Wildman–Crippen LogP) is 5.17. The Kier molecular flexibility index (Phi) is 5.54. The maximum Gasteiger partial charge on any atom is 0.0832 e. The molecule has 0 fully saturated rings. The van der Waals surface area contributed by atoms with Gasteiger partial charge in [0.1, 0.15) is 0 Å². The first-order valence-corrected chi connectivity index (χ1v) is 10.3. The summed E-state index contributed by atoms with van der Waals surface area (Å²) in [5.41, 5.74) is 5.92. The van der Waals surface area contributed by atoms with E-state index in [1.54, 1.807) is 30.4 Å². The lowest BCUT2D eigenvalue weighted by molar-refractivity contribution is 0.188. The van der Waals surface area contributed by atoms with E-state index in [1.807, 2.05) is 17.8 Å². The van der Waals surface area contributed by atoms with Crippen LogP contribution in [0, 0.1) is 0 Å². The molecule has 7 heteroatoms. The van der Waals surface area contributed by atoms with E-state index in [4.69, 9.17) is 4.74 Å². The highest BCUT2D eigenvalue weighted by atomic mass is 32.2. The van der Waals surface area contributed by atoms with Crippen LogP contribution < -0.4 is 5.32 Å². The smallest absolute Gasteiger partial charge is 0.0832 e. The molecule has 0 unspecified atom stereocenters. The van der Waals surface area contributed by atoms with Gasteiger partial charge in [0.05, 0.1) is 27.9 Å². The Balaban J connectivity index is 1.62. The molecule has 1 N–H and O–H groups in total. The minimum atomic E-state index is 0.713. The summed E-state index contributed by atoms with van der Waals surface area (Å²) in [4.78, 5) is 10.1. The number of anilines is 2. The second-order valence-electron chi connectivity index (χ2n) is 6.13. The van der Waals surface area contributed by atoms with Gasteiger partial charge in [-0.3, -0.25) is 4.98 Å². The lowest BCUT2D eigenvalue weighted by Gasteiger charge is -2.16. The maximum atomic E-state index is 5.15. The number of ether oxygens (including phenoxy) is 1. The summed E-state index contributed by atoms with van der Waals surface area (Å²) in [6.07, 6.45) is 1.84. The van der Waals surface area contributed by atoms with Gasteiger partial charge in [-0.2, -0.15) is 0 Å². The number of nitrogens with one attached hydrogen (secondary N) is 1. The van der Waals surface area contributed by atoms with Crippen LogP contribution in [0.1, 0.15) is 0 Å². The minimum Gasteiger partial charge on any atom is -0.383 e. The highest BCUT2D eigenvalue weighted by Crippen LogP contribution is 2.31. The van der Waals surface area contributed by atoms with Crippen LogP contribution in [-0.2, 0) is 4.74 Å². The van der Waals surface area contributed by atoms with E-state index in [2.05, 4.69) is 63.0 Å². The van der Waals surface area contributed by atoms with Gasteiger partial charge in [-0.05, 0) is 61.5 Å². The molecule has 0 bridgehead atoms. The topological polar surface area (TPSA) is 50.3 Å². The summed E-state index contributed by atoms with van der Waals surface area (Å²) in [6, 6.07) is 14.6. The van der Waals surface area contributed by atoms with Crippen LogP contribution in [0.4, 0.5) is 11.4 Å². The van der Waals surface area contributed by atoms with E-state index in [9.17, 15) is 0 Å². The summed E-state index contributed by atoms with van der Waals surface area (Å²) in [6.45, 7) is 1.58. The van der Waals surface area contributed by atoms with Gasteiger partial charge in [-0.15, -0.1) is 11.3 Å². The number of hydrogen-bond donors (Lipinski definition) is 1. The zero-order valence-electron chi connectivity index (χ0n) is 15.2. The lowest BCUT2D eigenvalue weighted by atomic mass is 10.2. The van der Waals surface area contributed by atoms with E-state index >= 15 is 0 Å². The Morgan fingerprint density at radius 2 is 2.04 bits per heavy atom. The Labute approximate surface area is 166 Å². The number of likely N-dealkylation sites (N-methyl/N-ethyl adjacent to an activating group) is 1. The molecule has 0 saturated heterocycles. The third-order valence-corrected chi connectivity index (χ3v) is 5.96. The van der Waals surface area contributed by atoms with Crippen molar-refractivity contribution in [2.45, 2.75) is 4.90 Å². The molecule has 27 heavy (non-hydrogen) atoms. The first-order chi connectivity index (χ1) is 13.2. The molecule has 2 heterocycles. The minimum absolute atomic E-state index is 0.713. The number of fused-ring (bicyclic) bond motifs is 2. The number of pyridine rings is 1. The normalized spacial score (nSPS) is 11.5. The first-order valence-electron chi connectivity index (χ1n) is 8.60. The lowest BCUT2D eigenvalue weighted by Crippen LogP contribution is -2.14. The van der Waals surface area contributed by atoms with Crippen LogP contribution in [0.3, 0.4) is 0 Å². The highest BCUT2D eigenvalue weighted by molar-refractivity contribution is 7.97. The van der Waals surface area contributed by atoms with E-state index in [0.717, 1.165) is 34.3 Å². The third kappa shape index (κ3) is 4.22. The van der Waals surface area contributed by atoms with Crippen LogP contribution in [0.15, 0.2) is 59.1 Å². The Bertz CT molecular complexity index is 1070. The van der Waals surface area contributed by atoms with Crippen molar-refractivity contribution in [2.75, 3.05) is 32.6 Å². The number of thiazole rings is 1. The Morgan fingerprint density at radius 3 is 2.93 bits per heavy atom. The van der Waals surface area contributed by atoms with Crippen molar-refractivity contribution in [3.63, 3.8) is 0 Å². The summed E-state index contributed by atoms with van der Waals surface area (Å²) in [5, 5.41) is 4.62. The molecule has 0 aliphatic heterocycles.